The predicted molar refractivity (Wildman–Crippen MR) is 108 cm³/mol. The zero-order valence-electron chi connectivity index (χ0n) is 15.5. The second-order valence-corrected chi connectivity index (χ2v) is 7.55. The number of hydrazine groups is 1. The minimum Gasteiger partial charge on any atom is -0.390 e. The molecular formula is C19H23ClN6O2. The number of nitrogens with one attached hydrogen (secondary N) is 1. The minimum atomic E-state index is -0.919. The maximum Gasteiger partial charge on any atom is 0.163 e. The van der Waals surface area contributed by atoms with Crippen molar-refractivity contribution in [1.29, 1.82) is 0 Å². The van der Waals surface area contributed by atoms with Gasteiger partial charge in [-0.3, -0.25) is 5.01 Å². The van der Waals surface area contributed by atoms with Gasteiger partial charge >= 0.3 is 0 Å². The average molecular weight is 403 g/mol. The SMILES string of the molecule is CCc1cnc(-c2c[nH]c3ncc(Cl)cc23)nc1N(N)[C@@H]1CCC[C@H](O)[C@@H]1O. The van der Waals surface area contributed by atoms with Gasteiger partial charge in [-0.15, -0.1) is 0 Å². The number of nitrogens with two attached hydrogens (primary N) is 1. The summed E-state index contributed by atoms with van der Waals surface area (Å²) < 4.78 is 0. The number of anilines is 1. The molecule has 9 heteroatoms. The zero-order chi connectivity index (χ0) is 19.8. The number of hydrogen-bond donors (Lipinski definition) is 4. The lowest BCUT2D eigenvalue weighted by molar-refractivity contribution is -0.0227. The summed E-state index contributed by atoms with van der Waals surface area (Å²) in [5, 5.41) is 23.3. The molecule has 3 aromatic rings. The fraction of sp³-hybridized carbons (Fsp3) is 0.421. The molecule has 148 valence electrons. The van der Waals surface area contributed by atoms with E-state index in [-0.39, 0.29) is 0 Å². The van der Waals surface area contributed by atoms with Crippen molar-refractivity contribution in [2.24, 2.45) is 5.84 Å². The number of aliphatic hydroxyl groups is 2. The molecule has 0 amide bonds. The van der Waals surface area contributed by atoms with Crippen LogP contribution in [-0.4, -0.2) is 48.4 Å². The number of fused-ring (bicyclic) bond motifs is 1. The van der Waals surface area contributed by atoms with Crippen molar-refractivity contribution in [2.45, 2.75) is 50.9 Å². The quantitative estimate of drug-likeness (QED) is 0.389. The van der Waals surface area contributed by atoms with Gasteiger partial charge < -0.3 is 15.2 Å². The van der Waals surface area contributed by atoms with Crippen molar-refractivity contribution in [3.63, 3.8) is 0 Å². The molecule has 1 aliphatic rings. The van der Waals surface area contributed by atoms with E-state index in [1.165, 1.54) is 5.01 Å². The van der Waals surface area contributed by atoms with Crippen LogP contribution in [-0.2, 0) is 6.42 Å². The molecule has 0 radical (unpaired) electrons. The minimum absolute atomic E-state index is 0.407. The van der Waals surface area contributed by atoms with Crippen molar-refractivity contribution in [3.8, 4) is 11.4 Å². The molecule has 28 heavy (non-hydrogen) atoms. The van der Waals surface area contributed by atoms with Crippen LogP contribution in [0.5, 0.6) is 0 Å². The Morgan fingerprint density at radius 1 is 1.29 bits per heavy atom. The monoisotopic (exact) mass is 402 g/mol. The first-order valence-electron chi connectivity index (χ1n) is 9.38. The highest BCUT2D eigenvalue weighted by Gasteiger charge is 2.35. The Kier molecular flexibility index (Phi) is 5.20. The molecule has 0 spiro atoms. The highest BCUT2D eigenvalue weighted by molar-refractivity contribution is 6.31. The molecule has 3 heterocycles. The van der Waals surface area contributed by atoms with E-state index in [1.54, 1.807) is 18.6 Å². The van der Waals surface area contributed by atoms with Gasteiger partial charge in [0.2, 0.25) is 0 Å². The predicted octanol–water partition coefficient (Wildman–Crippen LogP) is 2.19. The number of halogens is 1. The molecule has 3 aromatic heterocycles. The molecular weight excluding hydrogens is 380 g/mol. The third-order valence-electron chi connectivity index (χ3n) is 5.35. The van der Waals surface area contributed by atoms with Crippen molar-refractivity contribution in [1.82, 2.24) is 19.9 Å². The first kappa shape index (κ1) is 19.1. The van der Waals surface area contributed by atoms with Gasteiger partial charge in [0, 0.05) is 35.1 Å². The number of aryl methyl sites for hydroxylation is 1. The van der Waals surface area contributed by atoms with Gasteiger partial charge in [-0.2, -0.15) is 0 Å². The molecule has 0 bridgehead atoms. The maximum atomic E-state index is 10.4. The number of aromatic nitrogens is 4. The van der Waals surface area contributed by atoms with Crippen molar-refractivity contribution < 1.29 is 10.2 Å². The van der Waals surface area contributed by atoms with Crippen LogP contribution in [0.4, 0.5) is 5.82 Å². The summed E-state index contributed by atoms with van der Waals surface area (Å²) in [5.74, 6) is 7.43. The Bertz CT molecular complexity index is 994. The van der Waals surface area contributed by atoms with E-state index in [1.807, 2.05) is 13.0 Å². The average Bonchev–Trinajstić information content (AvgIpc) is 3.12. The molecule has 1 fully saturated rings. The molecule has 8 nitrogen and oxygen atoms in total. The number of hydrogen-bond acceptors (Lipinski definition) is 7. The Labute approximate surface area is 167 Å². The molecule has 0 aliphatic heterocycles. The Morgan fingerprint density at radius 2 is 2.11 bits per heavy atom. The lowest BCUT2D eigenvalue weighted by atomic mass is 9.89. The van der Waals surface area contributed by atoms with Crippen LogP contribution in [0, 0.1) is 0 Å². The molecule has 0 saturated heterocycles. The van der Waals surface area contributed by atoms with Gasteiger partial charge in [0.15, 0.2) is 5.82 Å². The lowest BCUT2D eigenvalue weighted by Crippen LogP contribution is -2.55. The van der Waals surface area contributed by atoms with E-state index < -0.39 is 18.2 Å². The third kappa shape index (κ3) is 3.33. The Hall–Kier alpha value is -2.26. The summed E-state index contributed by atoms with van der Waals surface area (Å²) in [6, 6.07) is 1.41. The Balaban J connectivity index is 1.76. The number of H-pyrrole nitrogens is 1. The second kappa shape index (κ2) is 7.63. The normalized spacial score (nSPS) is 22.5. The fourth-order valence-electron chi connectivity index (χ4n) is 3.76. The summed E-state index contributed by atoms with van der Waals surface area (Å²) in [6.07, 6.45) is 6.16. The lowest BCUT2D eigenvalue weighted by Gasteiger charge is -2.38. The highest BCUT2D eigenvalue weighted by atomic mass is 35.5. The summed E-state index contributed by atoms with van der Waals surface area (Å²) in [4.78, 5) is 16.6. The van der Waals surface area contributed by atoms with Crippen LogP contribution in [0.15, 0.2) is 24.7 Å². The third-order valence-corrected chi connectivity index (χ3v) is 5.56. The topological polar surface area (TPSA) is 124 Å². The van der Waals surface area contributed by atoms with Gasteiger partial charge in [-0.1, -0.05) is 18.5 Å². The first-order valence-corrected chi connectivity index (χ1v) is 9.76. The number of aliphatic hydroxyl groups excluding tert-OH is 2. The Morgan fingerprint density at radius 3 is 2.89 bits per heavy atom. The van der Waals surface area contributed by atoms with E-state index in [2.05, 4.69) is 15.0 Å². The second-order valence-electron chi connectivity index (χ2n) is 7.11. The van der Waals surface area contributed by atoms with Crippen molar-refractivity contribution in [2.75, 3.05) is 5.01 Å². The summed E-state index contributed by atoms with van der Waals surface area (Å²) in [7, 11) is 0. The van der Waals surface area contributed by atoms with Crippen LogP contribution >= 0.6 is 11.6 Å². The smallest absolute Gasteiger partial charge is 0.163 e. The first-order chi connectivity index (χ1) is 13.5. The largest absolute Gasteiger partial charge is 0.390 e. The standard InChI is InChI=1S/C19H23ClN6O2/c1-2-10-7-22-18(13-9-24-17-12(13)6-11(20)8-23-17)25-19(10)26(21)14-4-3-5-15(27)16(14)28/h6-9,14-16,27-28H,2-5,21H2,1H3,(H,23,24)/t14-,15+,16-/m1/s1. The van der Waals surface area contributed by atoms with Crippen molar-refractivity contribution in [3.05, 3.63) is 35.2 Å². The zero-order valence-corrected chi connectivity index (χ0v) is 16.3. The van der Waals surface area contributed by atoms with E-state index in [9.17, 15) is 10.2 Å². The van der Waals surface area contributed by atoms with Crippen LogP contribution in [0.3, 0.4) is 0 Å². The summed E-state index contributed by atoms with van der Waals surface area (Å²) in [5.41, 5.74) is 2.33. The van der Waals surface area contributed by atoms with E-state index in [0.29, 0.717) is 41.6 Å². The number of pyridine rings is 1. The fourth-order valence-corrected chi connectivity index (χ4v) is 3.92. The van der Waals surface area contributed by atoms with Gasteiger partial charge in [0.05, 0.1) is 17.2 Å². The molecule has 0 aromatic carbocycles. The van der Waals surface area contributed by atoms with Crippen LogP contribution in [0.1, 0.15) is 31.7 Å². The number of nitrogens with zero attached hydrogens (tertiary/aromatic N) is 4. The molecule has 5 N–H and O–H groups in total. The maximum absolute atomic E-state index is 10.4. The van der Waals surface area contributed by atoms with Gasteiger partial charge in [0.25, 0.3) is 0 Å². The highest BCUT2D eigenvalue weighted by Crippen LogP contribution is 2.31. The number of rotatable bonds is 4. The summed E-state index contributed by atoms with van der Waals surface area (Å²) in [6.45, 7) is 2.00. The van der Waals surface area contributed by atoms with E-state index >= 15 is 0 Å². The van der Waals surface area contributed by atoms with E-state index in [0.717, 1.165) is 22.9 Å². The number of aromatic amines is 1. The van der Waals surface area contributed by atoms with Crippen molar-refractivity contribution >= 4 is 28.5 Å². The molecule has 3 atom stereocenters. The molecule has 1 saturated carbocycles. The van der Waals surface area contributed by atoms with Gasteiger partial charge in [-0.05, 0) is 31.7 Å². The molecule has 1 aliphatic carbocycles. The molecule has 0 unspecified atom stereocenters. The van der Waals surface area contributed by atoms with Crippen LogP contribution < -0.4 is 10.9 Å². The van der Waals surface area contributed by atoms with E-state index in [4.69, 9.17) is 22.4 Å². The van der Waals surface area contributed by atoms with Gasteiger partial charge in [-0.25, -0.2) is 20.8 Å². The van der Waals surface area contributed by atoms with Crippen LogP contribution in [0.25, 0.3) is 22.4 Å². The van der Waals surface area contributed by atoms with Gasteiger partial charge in [0.1, 0.15) is 17.6 Å². The summed E-state index contributed by atoms with van der Waals surface area (Å²) >= 11 is 6.10. The molecule has 4 rings (SSSR count). The van der Waals surface area contributed by atoms with Crippen LogP contribution in [0.2, 0.25) is 5.02 Å².